The van der Waals surface area contributed by atoms with Crippen molar-refractivity contribution < 1.29 is 27.6 Å². The highest BCUT2D eigenvalue weighted by Gasteiger charge is 2.32. The van der Waals surface area contributed by atoms with Crippen molar-refractivity contribution in [2.45, 2.75) is 12.7 Å². The summed E-state index contributed by atoms with van der Waals surface area (Å²) >= 11 is 5.87. The molecule has 0 aliphatic carbocycles. The highest BCUT2D eigenvalue weighted by atomic mass is 35.5. The normalized spacial score (nSPS) is 12.5. The molecule has 3 aromatic rings. The predicted octanol–water partition coefficient (Wildman–Crippen LogP) is 4.54. The SMILES string of the molecule is O=[N+]([O-])c1c(NCc2ccc3c(c2)OCO3)ncnc1Nc1ncc(C(F)(F)F)cc1Cl. The van der Waals surface area contributed by atoms with E-state index in [0.717, 1.165) is 11.9 Å². The molecule has 0 amide bonds. The van der Waals surface area contributed by atoms with Crippen LogP contribution in [0, 0.1) is 10.1 Å². The second-order valence-corrected chi connectivity index (χ2v) is 6.80. The van der Waals surface area contributed by atoms with Crippen molar-refractivity contribution in [2.75, 3.05) is 17.4 Å². The number of aromatic nitrogens is 3. The van der Waals surface area contributed by atoms with E-state index in [1.54, 1.807) is 18.2 Å². The zero-order chi connectivity index (χ0) is 22.9. The number of nitro groups is 1. The van der Waals surface area contributed by atoms with E-state index in [0.29, 0.717) is 23.8 Å². The zero-order valence-electron chi connectivity index (χ0n) is 15.8. The van der Waals surface area contributed by atoms with Gasteiger partial charge in [-0.1, -0.05) is 17.7 Å². The Labute approximate surface area is 182 Å². The highest BCUT2D eigenvalue weighted by Crippen LogP contribution is 2.36. The Morgan fingerprint density at radius 2 is 1.84 bits per heavy atom. The molecule has 3 heterocycles. The smallest absolute Gasteiger partial charge is 0.417 e. The average molecular weight is 469 g/mol. The Balaban J connectivity index is 1.58. The van der Waals surface area contributed by atoms with Gasteiger partial charge in [-0.2, -0.15) is 13.2 Å². The quantitative estimate of drug-likeness (QED) is 0.396. The number of anilines is 3. The molecule has 0 fully saturated rings. The molecule has 2 aromatic heterocycles. The molecule has 14 heteroatoms. The third-order valence-electron chi connectivity index (χ3n) is 4.31. The molecule has 0 unspecified atom stereocenters. The first-order chi connectivity index (χ1) is 15.2. The number of nitrogens with zero attached hydrogens (tertiary/aromatic N) is 4. The van der Waals surface area contributed by atoms with Crippen LogP contribution >= 0.6 is 11.6 Å². The van der Waals surface area contributed by atoms with Gasteiger partial charge in [0.15, 0.2) is 17.3 Å². The number of rotatable bonds is 6. The van der Waals surface area contributed by atoms with Gasteiger partial charge in [0.05, 0.1) is 15.5 Å². The summed E-state index contributed by atoms with van der Waals surface area (Å²) in [6.07, 6.45) is -3.03. The van der Waals surface area contributed by atoms with Gasteiger partial charge in [-0.25, -0.2) is 15.0 Å². The molecule has 10 nitrogen and oxygen atoms in total. The van der Waals surface area contributed by atoms with E-state index in [4.69, 9.17) is 21.1 Å². The van der Waals surface area contributed by atoms with Crippen molar-refractivity contribution >= 4 is 34.7 Å². The average Bonchev–Trinajstić information content (AvgIpc) is 3.20. The fourth-order valence-electron chi connectivity index (χ4n) is 2.81. The predicted molar refractivity (Wildman–Crippen MR) is 106 cm³/mol. The maximum Gasteiger partial charge on any atom is 0.417 e. The van der Waals surface area contributed by atoms with Crippen molar-refractivity contribution in [1.29, 1.82) is 0 Å². The summed E-state index contributed by atoms with van der Waals surface area (Å²) in [5.41, 5.74) is -0.855. The minimum absolute atomic E-state index is 0.110. The van der Waals surface area contributed by atoms with Crippen LogP contribution in [0.2, 0.25) is 5.02 Å². The second-order valence-electron chi connectivity index (χ2n) is 6.39. The summed E-state index contributed by atoms with van der Waals surface area (Å²) in [6, 6.07) is 5.83. The topological polar surface area (TPSA) is 124 Å². The van der Waals surface area contributed by atoms with E-state index < -0.39 is 22.4 Å². The number of nitrogens with one attached hydrogen (secondary N) is 2. The standard InChI is InChI=1S/C18H12ClF3N6O4/c19-11-4-10(18(20,21)22)6-24-15(11)27-17-14(28(29)30)16(25-7-26-17)23-5-9-1-2-12-13(3-9)32-8-31-12/h1-4,6-7H,5,8H2,(H2,23,24,25,26,27). The van der Waals surface area contributed by atoms with Crippen LogP contribution in [0.15, 0.2) is 36.8 Å². The van der Waals surface area contributed by atoms with Gasteiger partial charge >= 0.3 is 11.9 Å². The maximum absolute atomic E-state index is 12.8. The van der Waals surface area contributed by atoms with Gasteiger partial charge in [0.1, 0.15) is 6.33 Å². The Morgan fingerprint density at radius 1 is 1.09 bits per heavy atom. The highest BCUT2D eigenvalue weighted by molar-refractivity contribution is 6.33. The van der Waals surface area contributed by atoms with E-state index in [-0.39, 0.29) is 35.8 Å². The molecular formula is C18H12ClF3N6O4. The van der Waals surface area contributed by atoms with Gasteiger partial charge < -0.3 is 20.1 Å². The van der Waals surface area contributed by atoms with E-state index in [2.05, 4.69) is 25.6 Å². The molecule has 0 saturated heterocycles. The van der Waals surface area contributed by atoms with Gasteiger partial charge in [-0.3, -0.25) is 10.1 Å². The Hall–Kier alpha value is -3.87. The van der Waals surface area contributed by atoms with Crippen LogP contribution in [-0.2, 0) is 12.7 Å². The van der Waals surface area contributed by atoms with Gasteiger partial charge in [0.25, 0.3) is 0 Å². The van der Waals surface area contributed by atoms with Crippen LogP contribution in [0.4, 0.5) is 36.3 Å². The molecule has 1 aromatic carbocycles. The summed E-state index contributed by atoms with van der Waals surface area (Å²) in [5, 5.41) is 16.6. The fourth-order valence-corrected chi connectivity index (χ4v) is 3.02. The molecule has 0 saturated carbocycles. The fraction of sp³-hybridized carbons (Fsp3) is 0.167. The number of benzene rings is 1. The van der Waals surface area contributed by atoms with Crippen LogP contribution in [0.1, 0.15) is 11.1 Å². The van der Waals surface area contributed by atoms with Crippen LogP contribution < -0.4 is 20.1 Å². The number of pyridine rings is 1. The molecule has 1 aliphatic heterocycles. The number of alkyl halides is 3. The monoisotopic (exact) mass is 468 g/mol. The van der Waals surface area contributed by atoms with E-state index >= 15 is 0 Å². The number of halogens is 4. The summed E-state index contributed by atoms with van der Waals surface area (Å²) < 4.78 is 48.9. The molecule has 32 heavy (non-hydrogen) atoms. The lowest BCUT2D eigenvalue weighted by Gasteiger charge is -2.12. The summed E-state index contributed by atoms with van der Waals surface area (Å²) in [4.78, 5) is 22.3. The first-order valence-electron chi connectivity index (χ1n) is 8.84. The van der Waals surface area contributed by atoms with Crippen molar-refractivity contribution in [3.8, 4) is 11.5 Å². The van der Waals surface area contributed by atoms with Gasteiger partial charge in [0, 0.05) is 12.7 Å². The Morgan fingerprint density at radius 3 is 2.56 bits per heavy atom. The maximum atomic E-state index is 12.8. The first-order valence-corrected chi connectivity index (χ1v) is 9.21. The van der Waals surface area contributed by atoms with Gasteiger partial charge in [-0.15, -0.1) is 0 Å². The molecule has 2 N–H and O–H groups in total. The van der Waals surface area contributed by atoms with Gasteiger partial charge in [0.2, 0.25) is 18.4 Å². The molecule has 166 valence electrons. The molecule has 1 aliphatic rings. The number of hydrogen-bond acceptors (Lipinski definition) is 9. The lowest BCUT2D eigenvalue weighted by molar-refractivity contribution is -0.383. The van der Waals surface area contributed by atoms with E-state index in [9.17, 15) is 23.3 Å². The summed E-state index contributed by atoms with van der Waals surface area (Å²) in [5.74, 6) is 0.491. The molecule has 0 radical (unpaired) electrons. The summed E-state index contributed by atoms with van der Waals surface area (Å²) in [7, 11) is 0. The van der Waals surface area contributed by atoms with Crippen LogP contribution in [0.3, 0.4) is 0 Å². The van der Waals surface area contributed by atoms with Crippen molar-refractivity contribution in [1.82, 2.24) is 15.0 Å². The van der Waals surface area contributed by atoms with Crippen molar-refractivity contribution in [2.24, 2.45) is 0 Å². The minimum atomic E-state index is -4.64. The molecule has 4 rings (SSSR count). The Bertz CT molecular complexity index is 1190. The third kappa shape index (κ3) is 4.42. The number of fused-ring (bicyclic) bond motifs is 1. The number of ether oxygens (including phenoxy) is 2. The van der Waals surface area contributed by atoms with Crippen molar-refractivity contribution in [3.05, 3.63) is 63.1 Å². The lowest BCUT2D eigenvalue weighted by Crippen LogP contribution is -2.10. The van der Waals surface area contributed by atoms with E-state index in [1.807, 2.05) is 0 Å². The second kappa shape index (κ2) is 8.34. The lowest BCUT2D eigenvalue weighted by atomic mass is 10.2. The molecule has 0 spiro atoms. The van der Waals surface area contributed by atoms with Gasteiger partial charge in [-0.05, 0) is 23.8 Å². The largest absolute Gasteiger partial charge is 0.454 e. The number of hydrogen-bond donors (Lipinski definition) is 2. The molecular weight excluding hydrogens is 457 g/mol. The van der Waals surface area contributed by atoms with E-state index in [1.165, 1.54) is 0 Å². The third-order valence-corrected chi connectivity index (χ3v) is 4.60. The first kappa shape index (κ1) is 21.4. The Kier molecular flexibility index (Phi) is 5.57. The molecule has 0 atom stereocenters. The molecule has 0 bridgehead atoms. The van der Waals surface area contributed by atoms with Crippen LogP contribution in [-0.4, -0.2) is 26.7 Å². The minimum Gasteiger partial charge on any atom is -0.454 e. The van der Waals surface area contributed by atoms with Crippen LogP contribution in [0.25, 0.3) is 0 Å². The van der Waals surface area contributed by atoms with Crippen molar-refractivity contribution in [3.63, 3.8) is 0 Å². The van der Waals surface area contributed by atoms with Crippen LogP contribution in [0.5, 0.6) is 11.5 Å². The summed E-state index contributed by atoms with van der Waals surface area (Å²) in [6.45, 7) is 0.270. The zero-order valence-corrected chi connectivity index (χ0v) is 16.6.